The second kappa shape index (κ2) is 3.19. The molecular weight excluding hydrogens is 166 g/mol. The molecule has 0 bridgehead atoms. The van der Waals surface area contributed by atoms with Gasteiger partial charge < -0.3 is 5.32 Å². The van der Waals surface area contributed by atoms with Gasteiger partial charge in [-0.25, -0.2) is 0 Å². The van der Waals surface area contributed by atoms with Gasteiger partial charge in [0.1, 0.15) is 0 Å². The van der Waals surface area contributed by atoms with E-state index >= 15 is 0 Å². The molecule has 12 heavy (non-hydrogen) atoms. The van der Waals surface area contributed by atoms with Crippen molar-refractivity contribution in [2.75, 3.05) is 13.1 Å². The molecule has 1 saturated heterocycles. The van der Waals surface area contributed by atoms with Gasteiger partial charge in [0.05, 0.1) is 0 Å². The van der Waals surface area contributed by atoms with E-state index in [1.54, 1.807) is 4.88 Å². The van der Waals surface area contributed by atoms with Gasteiger partial charge in [-0.2, -0.15) is 0 Å². The maximum absolute atomic E-state index is 3.30. The van der Waals surface area contributed by atoms with Crippen molar-refractivity contribution in [2.24, 2.45) is 0 Å². The molecule has 1 fully saturated rings. The highest BCUT2D eigenvalue weighted by Gasteiger charge is 2.20. The fourth-order valence-electron chi connectivity index (χ4n) is 1.39. The van der Waals surface area contributed by atoms with Crippen LogP contribution in [-0.4, -0.2) is 13.1 Å². The van der Waals surface area contributed by atoms with Gasteiger partial charge in [0.2, 0.25) is 0 Å². The molecule has 1 aromatic heterocycles. The molecule has 1 aliphatic heterocycles. The molecule has 1 N–H and O–H groups in total. The molecule has 66 valence electrons. The number of rotatable bonds is 2. The molecule has 1 aliphatic rings. The fraction of sp³-hybridized carbons (Fsp3) is 0.600. The smallest absolute Gasteiger partial charge is 0.0183 e. The molecule has 0 amide bonds. The maximum atomic E-state index is 3.30. The van der Waals surface area contributed by atoms with E-state index < -0.39 is 0 Å². The second-order valence-electron chi connectivity index (χ2n) is 3.75. The molecule has 0 spiro atoms. The van der Waals surface area contributed by atoms with Crippen molar-refractivity contribution in [3.63, 3.8) is 0 Å². The first-order valence-electron chi connectivity index (χ1n) is 4.57. The third kappa shape index (κ3) is 1.41. The molecule has 2 heterocycles. The lowest BCUT2D eigenvalue weighted by molar-refractivity contribution is 0.454. The SMILES string of the molecule is CC(C)c1ccc(C2CNC2)s1. The van der Waals surface area contributed by atoms with Crippen LogP contribution in [0.4, 0.5) is 0 Å². The topological polar surface area (TPSA) is 12.0 Å². The monoisotopic (exact) mass is 181 g/mol. The fourth-order valence-corrected chi connectivity index (χ4v) is 2.50. The predicted molar refractivity (Wildman–Crippen MR) is 54.0 cm³/mol. The van der Waals surface area contributed by atoms with E-state index in [2.05, 4.69) is 31.3 Å². The van der Waals surface area contributed by atoms with Crippen LogP contribution in [-0.2, 0) is 0 Å². The summed E-state index contributed by atoms with van der Waals surface area (Å²) in [7, 11) is 0. The Morgan fingerprint density at radius 1 is 1.42 bits per heavy atom. The molecule has 0 aliphatic carbocycles. The minimum absolute atomic E-state index is 0.691. The zero-order valence-corrected chi connectivity index (χ0v) is 8.45. The predicted octanol–water partition coefficient (Wildman–Crippen LogP) is 2.56. The van der Waals surface area contributed by atoms with Crippen LogP contribution in [0, 0.1) is 0 Å². The summed E-state index contributed by atoms with van der Waals surface area (Å²) in [5.74, 6) is 1.50. The van der Waals surface area contributed by atoms with Crippen LogP contribution >= 0.6 is 11.3 Å². The Bertz CT molecular complexity index is 261. The lowest BCUT2D eigenvalue weighted by Gasteiger charge is -2.25. The van der Waals surface area contributed by atoms with Crippen molar-refractivity contribution in [1.82, 2.24) is 5.32 Å². The van der Waals surface area contributed by atoms with Gasteiger partial charge in [0, 0.05) is 28.8 Å². The number of hydrogen-bond acceptors (Lipinski definition) is 2. The van der Waals surface area contributed by atoms with Crippen LogP contribution in [0.1, 0.15) is 35.4 Å². The second-order valence-corrected chi connectivity index (χ2v) is 4.90. The lowest BCUT2D eigenvalue weighted by atomic mass is 10.0. The molecule has 2 rings (SSSR count). The molecule has 1 nitrogen and oxygen atoms in total. The average Bonchev–Trinajstić information content (AvgIpc) is 2.32. The van der Waals surface area contributed by atoms with Crippen LogP contribution in [0.25, 0.3) is 0 Å². The van der Waals surface area contributed by atoms with Crippen LogP contribution in [0.3, 0.4) is 0 Å². The summed E-state index contributed by atoms with van der Waals surface area (Å²) < 4.78 is 0. The summed E-state index contributed by atoms with van der Waals surface area (Å²) in [6.07, 6.45) is 0. The summed E-state index contributed by atoms with van der Waals surface area (Å²) in [5.41, 5.74) is 0. The Kier molecular flexibility index (Phi) is 2.20. The zero-order chi connectivity index (χ0) is 8.55. The Morgan fingerprint density at radius 3 is 2.58 bits per heavy atom. The molecule has 2 heteroatoms. The first-order chi connectivity index (χ1) is 5.77. The van der Waals surface area contributed by atoms with Gasteiger partial charge in [-0.3, -0.25) is 0 Å². The van der Waals surface area contributed by atoms with Crippen LogP contribution in [0.2, 0.25) is 0 Å². The van der Waals surface area contributed by atoms with E-state index in [0.717, 1.165) is 5.92 Å². The molecule has 0 saturated carbocycles. The van der Waals surface area contributed by atoms with Crippen molar-refractivity contribution in [3.8, 4) is 0 Å². The Labute approximate surface area is 77.8 Å². The quantitative estimate of drug-likeness (QED) is 0.739. The van der Waals surface area contributed by atoms with Gasteiger partial charge in [-0.15, -0.1) is 11.3 Å². The molecule has 0 unspecified atom stereocenters. The van der Waals surface area contributed by atoms with Gasteiger partial charge in [-0.1, -0.05) is 13.8 Å². The summed E-state index contributed by atoms with van der Waals surface area (Å²) in [6, 6.07) is 4.58. The summed E-state index contributed by atoms with van der Waals surface area (Å²) in [4.78, 5) is 3.09. The Hall–Kier alpha value is -0.340. The van der Waals surface area contributed by atoms with E-state index in [1.165, 1.54) is 18.0 Å². The van der Waals surface area contributed by atoms with Gasteiger partial charge >= 0.3 is 0 Å². The highest BCUT2D eigenvalue weighted by Crippen LogP contribution is 2.31. The standard InChI is InChI=1S/C10H15NS/c1-7(2)9-3-4-10(12-9)8-5-11-6-8/h3-4,7-8,11H,5-6H2,1-2H3. The normalized spacial score (nSPS) is 18.2. The maximum Gasteiger partial charge on any atom is 0.0183 e. The number of hydrogen-bond donors (Lipinski definition) is 1. The molecule has 0 aromatic carbocycles. The van der Waals surface area contributed by atoms with Crippen molar-refractivity contribution in [3.05, 3.63) is 21.9 Å². The van der Waals surface area contributed by atoms with Gasteiger partial charge in [0.15, 0.2) is 0 Å². The zero-order valence-electron chi connectivity index (χ0n) is 7.63. The van der Waals surface area contributed by atoms with E-state index in [0.29, 0.717) is 5.92 Å². The third-order valence-corrected chi connectivity index (χ3v) is 3.95. The number of nitrogens with one attached hydrogen (secondary N) is 1. The summed E-state index contributed by atoms with van der Waals surface area (Å²) in [6.45, 7) is 6.87. The van der Waals surface area contributed by atoms with E-state index in [9.17, 15) is 0 Å². The van der Waals surface area contributed by atoms with E-state index in [1.807, 2.05) is 11.3 Å². The average molecular weight is 181 g/mol. The largest absolute Gasteiger partial charge is 0.315 e. The van der Waals surface area contributed by atoms with Crippen molar-refractivity contribution < 1.29 is 0 Å². The Morgan fingerprint density at radius 2 is 2.17 bits per heavy atom. The molecule has 1 aromatic rings. The van der Waals surface area contributed by atoms with Crippen molar-refractivity contribution in [1.29, 1.82) is 0 Å². The van der Waals surface area contributed by atoms with E-state index in [-0.39, 0.29) is 0 Å². The van der Waals surface area contributed by atoms with Gasteiger partial charge in [0.25, 0.3) is 0 Å². The minimum atomic E-state index is 0.691. The van der Waals surface area contributed by atoms with Crippen molar-refractivity contribution in [2.45, 2.75) is 25.7 Å². The summed E-state index contributed by atoms with van der Waals surface area (Å²) in [5, 5.41) is 3.30. The molecular formula is C10H15NS. The van der Waals surface area contributed by atoms with Crippen LogP contribution in [0.15, 0.2) is 12.1 Å². The third-order valence-electron chi connectivity index (χ3n) is 2.40. The van der Waals surface area contributed by atoms with Crippen LogP contribution < -0.4 is 5.32 Å². The highest BCUT2D eigenvalue weighted by molar-refractivity contribution is 7.12. The lowest BCUT2D eigenvalue weighted by Crippen LogP contribution is -2.39. The van der Waals surface area contributed by atoms with E-state index in [4.69, 9.17) is 0 Å². The highest BCUT2D eigenvalue weighted by atomic mass is 32.1. The molecule has 0 atom stereocenters. The first-order valence-corrected chi connectivity index (χ1v) is 5.39. The first kappa shape index (κ1) is 8.27. The Balaban J connectivity index is 2.12. The summed E-state index contributed by atoms with van der Waals surface area (Å²) >= 11 is 1.98. The molecule has 0 radical (unpaired) electrons. The van der Waals surface area contributed by atoms with Crippen molar-refractivity contribution >= 4 is 11.3 Å². The van der Waals surface area contributed by atoms with Crippen LogP contribution in [0.5, 0.6) is 0 Å². The number of thiophene rings is 1. The minimum Gasteiger partial charge on any atom is -0.315 e. The van der Waals surface area contributed by atoms with Gasteiger partial charge in [-0.05, 0) is 18.1 Å².